The van der Waals surface area contributed by atoms with Crippen molar-refractivity contribution in [2.45, 2.75) is 19.4 Å². The van der Waals surface area contributed by atoms with E-state index in [4.69, 9.17) is 32.7 Å². The maximum absolute atomic E-state index is 11.9. The number of ether oxygens (including phenoxy) is 2. The highest BCUT2D eigenvalue weighted by Gasteiger charge is 2.13. The van der Waals surface area contributed by atoms with Crippen molar-refractivity contribution in [2.24, 2.45) is 0 Å². The lowest BCUT2D eigenvalue weighted by Crippen LogP contribution is -2.28. The number of pyridine rings is 1. The van der Waals surface area contributed by atoms with E-state index in [2.05, 4.69) is 10.3 Å². The molecule has 0 radical (unpaired) electrons. The summed E-state index contributed by atoms with van der Waals surface area (Å²) >= 11 is 11.8. The SMILES string of the molecule is CCC(COC(=O)COc1ccc(Cl)cc1Cl)Nc1ccc([N+](=O)[O-])cn1. The zero-order valence-corrected chi connectivity index (χ0v) is 15.9. The molecule has 0 fully saturated rings. The minimum atomic E-state index is -0.557. The first-order chi connectivity index (χ1) is 12.9. The van der Waals surface area contributed by atoms with Crippen molar-refractivity contribution in [2.75, 3.05) is 18.5 Å². The Morgan fingerprint density at radius 3 is 2.70 bits per heavy atom. The second-order valence-electron chi connectivity index (χ2n) is 5.45. The van der Waals surface area contributed by atoms with E-state index in [1.807, 2.05) is 6.92 Å². The maximum atomic E-state index is 11.9. The first-order valence-electron chi connectivity index (χ1n) is 7.99. The van der Waals surface area contributed by atoms with Crippen LogP contribution in [0.3, 0.4) is 0 Å². The number of carbonyl (C=O) groups is 1. The van der Waals surface area contributed by atoms with Crippen molar-refractivity contribution in [1.82, 2.24) is 4.98 Å². The van der Waals surface area contributed by atoms with Gasteiger partial charge in [0.2, 0.25) is 0 Å². The van der Waals surface area contributed by atoms with Crippen LogP contribution >= 0.6 is 23.2 Å². The minimum Gasteiger partial charge on any atom is -0.480 e. The molecule has 8 nitrogen and oxygen atoms in total. The number of nitrogens with one attached hydrogen (secondary N) is 1. The average Bonchev–Trinajstić information content (AvgIpc) is 2.64. The van der Waals surface area contributed by atoms with Gasteiger partial charge in [0.25, 0.3) is 5.69 Å². The molecule has 1 heterocycles. The molecule has 1 unspecified atom stereocenters. The average molecular weight is 414 g/mol. The van der Waals surface area contributed by atoms with Gasteiger partial charge in [0.05, 0.1) is 16.0 Å². The molecule has 2 aromatic rings. The third-order valence-corrected chi connectivity index (χ3v) is 4.02. The molecule has 1 atom stereocenters. The molecule has 0 aliphatic carbocycles. The van der Waals surface area contributed by atoms with Gasteiger partial charge in [0.15, 0.2) is 6.61 Å². The zero-order valence-electron chi connectivity index (χ0n) is 14.4. The van der Waals surface area contributed by atoms with Crippen LogP contribution in [0.15, 0.2) is 36.5 Å². The number of nitro groups is 1. The van der Waals surface area contributed by atoms with Crippen molar-refractivity contribution >= 4 is 40.7 Å². The Balaban J connectivity index is 1.80. The summed E-state index contributed by atoms with van der Waals surface area (Å²) in [6, 6.07) is 7.31. The summed E-state index contributed by atoms with van der Waals surface area (Å²) in [7, 11) is 0. The molecule has 0 amide bonds. The van der Waals surface area contributed by atoms with Gasteiger partial charge in [-0.25, -0.2) is 9.78 Å². The molecule has 0 bridgehead atoms. The van der Waals surface area contributed by atoms with Crippen molar-refractivity contribution in [1.29, 1.82) is 0 Å². The van der Waals surface area contributed by atoms with Gasteiger partial charge in [-0.15, -0.1) is 0 Å². The summed E-state index contributed by atoms with van der Waals surface area (Å²) < 4.78 is 10.5. The second-order valence-corrected chi connectivity index (χ2v) is 6.30. The maximum Gasteiger partial charge on any atom is 0.344 e. The van der Waals surface area contributed by atoms with Crippen molar-refractivity contribution < 1.29 is 19.2 Å². The van der Waals surface area contributed by atoms with Gasteiger partial charge >= 0.3 is 5.97 Å². The highest BCUT2D eigenvalue weighted by molar-refractivity contribution is 6.35. The van der Waals surface area contributed by atoms with E-state index in [0.29, 0.717) is 28.0 Å². The van der Waals surface area contributed by atoms with Crippen LogP contribution in [-0.4, -0.2) is 35.1 Å². The van der Waals surface area contributed by atoms with Crippen LogP contribution in [0, 0.1) is 10.1 Å². The van der Waals surface area contributed by atoms with E-state index < -0.39 is 10.9 Å². The van der Waals surface area contributed by atoms with Gasteiger partial charge in [0.1, 0.15) is 24.4 Å². The molecule has 2 rings (SSSR count). The first kappa shape index (κ1) is 20.7. The molecule has 1 aromatic carbocycles. The molecular weight excluding hydrogens is 397 g/mol. The lowest BCUT2D eigenvalue weighted by Gasteiger charge is -2.17. The number of halogens is 2. The zero-order chi connectivity index (χ0) is 19.8. The Labute approximate surface area is 165 Å². The van der Waals surface area contributed by atoms with E-state index in [1.165, 1.54) is 18.2 Å². The van der Waals surface area contributed by atoms with Gasteiger partial charge in [-0.3, -0.25) is 10.1 Å². The predicted molar refractivity (Wildman–Crippen MR) is 102 cm³/mol. The summed E-state index contributed by atoms with van der Waals surface area (Å²) in [5, 5.41) is 14.4. The molecular formula is C17H17Cl2N3O5. The van der Waals surface area contributed by atoms with Gasteiger partial charge in [-0.2, -0.15) is 0 Å². The normalized spacial score (nSPS) is 11.5. The fraction of sp³-hybridized carbons (Fsp3) is 0.294. The van der Waals surface area contributed by atoms with E-state index >= 15 is 0 Å². The fourth-order valence-electron chi connectivity index (χ4n) is 2.01. The number of hydrogen-bond acceptors (Lipinski definition) is 7. The smallest absolute Gasteiger partial charge is 0.344 e. The summed E-state index contributed by atoms with van der Waals surface area (Å²) in [4.78, 5) is 25.9. The van der Waals surface area contributed by atoms with Crippen LogP contribution in [-0.2, 0) is 9.53 Å². The van der Waals surface area contributed by atoms with Crippen molar-refractivity contribution in [3.8, 4) is 5.75 Å². The van der Waals surface area contributed by atoms with E-state index in [0.717, 1.165) is 6.20 Å². The Morgan fingerprint density at radius 2 is 2.11 bits per heavy atom. The lowest BCUT2D eigenvalue weighted by molar-refractivity contribution is -0.385. The molecule has 1 aromatic heterocycles. The van der Waals surface area contributed by atoms with Crippen LogP contribution in [0.1, 0.15) is 13.3 Å². The minimum absolute atomic E-state index is 0.0890. The number of aromatic nitrogens is 1. The second kappa shape index (κ2) is 9.94. The fourth-order valence-corrected chi connectivity index (χ4v) is 2.48. The number of anilines is 1. The van der Waals surface area contributed by atoms with E-state index in [9.17, 15) is 14.9 Å². The van der Waals surface area contributed by atoms with Crippen LogP contribution < -0.4 is 10.1 Å². The standard InChI is InChI=1S/C17H17Cl2N3O5/c1-2-12(21-16-6-4-13(8-20-16)22(24)25)9-27-17(23)10-26-15-5-3-11(18)7-14(15)19/h3-8,12H,2,9-10H2,1H3,(H,20,21). The number of benzene rings is 1. The summed E-state index contributed by atoms with van der Waals surface area (Å²) in [6.07, 6.45) is 1.81. The summed E-state index contributed by atoms with van der Waals surface area (Å²) in [5.74, 6) is 0.226. The molecule has 0 saturated heterocycles. The molecule has 27 heavy (non-hydrogen) atoms. The van der Waals surface area contributed by atoms with Gasteiger partial charge in [0, 0.05) is 11.1 Å². The Hall–Kier alpha value is -2.58. The topological polar surface area (TPSA) is 104 Å². The summed E-state index contributed by atoms with van der Waals surface area (Å²) in [6.45, 7) is 1.69. The molecule has 0 aliphatic heterocycles. The van der Waals surface area contributed by atoms with Crippen molar-refractivity contribution in [3.05, 3.63) is 56.7 Å². The first-order valence-corrected chi connectivity index (χ1v) is 8.75. The van der Waals surface area contributed by atoms with Gasteiger partial charge in [-0.05, 0) is 30.7 Å². The Bertz CT molecular complexity index is 802. The highest BCUT2D eigenvalue weighted by atomic mass is 35.5. The number of hydrogen-bond donors (Lipinski definition) is 1. The number of esters is 1. The Morgan fingerprint density at radius 1 is 1.33 bits per heavy atom. The van der Waals surface area contributed by atoms with Crippen LogP contribution in [0.4, 0.5) is 11.5 Å². The third kappa shape index (κ3) is 6.58. The molecule has 0 saturated carbocycles. The molecule has 10 heteroatoms. The van der Waals surface area contributed by atoms with Crippen LogP contribution in [0.25, 0.3) is 0 Å². The molecule has 0 spiro atoms. The number of rotatable bonds is 9. The molecule has 1 N–H and O–H groups in total. The van der Waals surface area contributed by atoms with Gasteiger partial charge < -0.3 is 14.8 Å². The molecule has 144 valence electrons. The Kier molecular flexibility index (Phi) is 7.63. The highest BCUT2D eigenvalue weighted by Crippen LogP contribution is 2.27. The lowest BCUT2D eigenvalue weighted by atomic mass is 10.2. The third-order valence-electron chi connectivity index (χ3n) is 3.49. The van der Waals surface area contributed by atoms with Gasteiger partial charge in [-0.1, -0.05) is 30.1 Å². The van der Waals surface area contributed by atoms with Crippen LogP contribution in [0.2, 0.25) is 10.0 Å². The largest absolute Gasteiger partial charge is 0.480 e. The summed E-state index contributed by atoms with van der Waals surface area (Å²) in [5.41, 5.74) is -0.0990. The number of carbonyl (C=O) groups excluding carboxylic acids is 1. The van der Waals surface area contributed by atoms with Crippen LogP contribution in [0.5, 0.6) is 5.75 Å². The quantitative estimate of drug-likeness (QED) is 0.374. The van der Waals surface area contributed by atoms with E-state index in [1.54, 1.807) is 12.1 Å². The van der Waals surface area contributed by atoms with E-state index in [-0.39, 0.29) is 24.9 Å². The predicted octanol–water partition coefficient (Wildman–Crippen LogP) is 4.11. The monoisotopic (exact) mass is 413 g/mol. The molecule has 0 aliphatic rings. The van der Waals surface area contributed by atoms with Crippen molar-refractivity contribution in [3.63, 3.8) is 0 Å². The number of nitrogens with zero attached hydrogens (tertiary/aromatic N) is 2.